The summed E-state index contributed by atoms with van der Waals surface area (Å²) in [5.74, 6) is 4.02. The predicted molar refractivity (Wildman–Crippen MR) is 39.8 cm³/mol. The SMILES string of the molecule is Cl.NNC(CS)C(=O)O. The van der Waals surface area contributed by atoms with Gasteiger partial charge < -0.3 is 5.11 Å². The Hall–Kier alpha value is 0.0300. The van der Waals surface area contributed by atoms with E-state index in [0.29, 0.717) is 0 Å². The standard InChI is InChI=1S/C3H8N2O2S.ClH/c4-5-2(1-8)3(6)7;/h2,5,8H,1,4H2,(H,6,7);1H. The normalized spacial score (nSPS) is 11.8. The van der Waals surface area contributed by atoms with Gasteiger partial charge in [-0.15, -0.1) is 12.4 Å². The lowest BCUT2D eigenvalue weighted by atomic mass is 10.4. The highest BCUT2D eigenvalue weighted by atomic mass is 35.5. The highest BCUT2D eigenvalue weighted by Crippen LogP contribution is 1.83. The molecule has 1 unspecified atom stereocenters. The lowest BCUT2D eigenvalue weighted by Crippen LogP contribution is -2.42. The monoisotopic (exact) mass is 172 g/mol. The Morgan fingerprint density at radius 2 is 2.33 bits per heavy atom. The first-order valence-corrected chi connectivity index (χ1v) is 2.65. The number of hydrogen-bond donors (Lipinski definition) is 4. The number of halogens is 1. The van der Waals surface area contributed by atoms with Crippen molar-refractivity contribution in [1.82, 2.24) is 5.43 Å². The van der Waals surface area contributed by atoms with Crippen molar-refractivity contribution in [3.05, 3.63) is 0 Å². The molecule has 4 N–H and O–H groups in total. The zero-order chi connectivity index (χ0) is 6.57. The number of thiol groups is 1. The van der Waals surface area contributed by atoms with Gasteiger partial charge in [0.15, 0.2) is 0 Å². The van der Waals surface area contributed by atoms with E-state index in [1.165, 1.54) is 0 Å². The van der Waals surface area contributed by atoms with Gasteiger partial charge in [0, 0.05) is 5.75 Å². The quantitative estimate of drug-likeness (QED) is 0.257. The average Bonchev–Trinajstić information content (AvgIpc) is 1.69. The molecule has 0 rings (SSSR count). The summed E-state index contributed by atoms with van der Waals surface area (Å²) < 4.78 is 0. The van der Waals surface area contributed by atoms with Crippen LogP contribution in [0.4, 0.5) is 0 Å². The second-order valence-electron chi connectivity index (χ2n) is 1.24. The molecule has 6 heteroatoms. The molecule has 0 saturated carbocycles. The molecule has 0 aromatic carbocycles. The third-order valence-corrected chi connectivity index (χ3v) is 1.05. The second-order valence-corrected chi connectivity index (χ2v) is 1.61. The smallest absolute Gasteiger partial charge is 0.322 e. The number of hydrogen-bond acceptors (Lipinski definition) is 4. The van der Waals surface area contributed by atoms with Crippen molar-refractivity contribution in [3.8, 4) is 0 Å². The molecule has 0 heterocycles. The van der Waals surface area contributed by atoms with Gasteiger partial charge in [-0.1, -0.05) is 0 Å². The van der Waals surface area contributed by atoms with Crippen LogP contribution < -0.4 is 11.3 Å². The predicted octanol–water partition coefficient (Wildman–Crippen LogP) is -0.746. The molecule has 0 aliphatic heterocycles. The second kappa shape index (κ2) is 6.15. The zero-order valence-electron chi connectivity index (χ0n) is 4.57. The van der Waals surface area contributed by atoms with Gasteiger partial charge in [-0.05, 0) is 0 Å². The minimum absolute atomic E-state index is 0. The third kappa shape index (κ3) is 4.53. The number of carbonyl (C=O) groups is 1. The van der Waals surface area contributed by atoms with Gasteiger partial charge in [-0.25, -0.2) is 5.43 Å². The van der Waals surface area contributed by atoms with Crippen LogP contribution in [0.3, 0.4) is 0 Å². The molecular weight excluding hydrogens is 164 g/mol. The molecular formula is C3H9ClN2O2S. The van der Waals surface area contributed by atoms with Crippen molar-refractivity contribution >= 4 is 31.0 Å². The topological polar surface area (TPSA) is 75.3 Å². The zero-order valence-corrected chi connectivity index (χ0v) is 6.28. The molecule has 0 bridgehead atoms. The summed E-state index contributed by atoms with van der Waals surface area (Å²) in [6.07, 6.45) is 0. The van der Waals surface area contributed by atoms with E-state index in [1.807, 2.05) is 0 Å². The molecule has 0 amide bonds. The van der Waals surface area contributed by atoms with E-state index in [-0.39, 0.29) is 18.2 Å². The Labute approximate surface area is 64.6 Å². The molecule has 0 saturated heterocycles. The van der Waals surface area contributed by atoms with Gasteiger partial charge in [-0.2, -0.15) is 12.6 Å². The van der Waals surface area contributed by atoms with Crippen molar-refractivity contribution in [2.45, 2.75) is 6.04 Å². The van der Waals surface area contributed by atoms with Crippen LogP contribution >= 0.6 is 25.0 Å². The molecule has 9 heavy (non-hydrogen) atoms. The minimum Gasteiger partial charge on any atom is -0.480 e. The van der Waals surface area contributed by atoms with Crippen molar-refractivity contribution in [2.24, 2.45) is 5.84 Å². The van der Waals surface area contributed by atoms with Crippen molar-refractivity contribution in [1.29, 1.82) is 0 Å². The number of nitrogens with two attached hydrogens (primary N) is 1. The lowest BCUT2D eigenvalue weighted by Gasteiger charge is -2.04. The first-order chi connectivity index (χ1) is 3.72. The van der Waals surface area contributed by atoms with Gasteiger partial charge in [-0.3, -0.25) is 10.6 Å². The van der Waals surface area contributed by atoms with Crippen LogP contribution in [0.25, 0.3) is 0 Å². The highest BCUT2D eigenvalue weighted by Gasteiger charge is 2.11. The molecule has 0 aromatic rings. The summed E-state index contributed by atoms with van der Waals surface area (Å²) in [4.78, 5) is 9.97. The summed E-state index contributed by atoms with van der Waals surface area (Å²) in [6, 6.07) is -0.738. The average molecular weight is 173 g/mol. The van der Waals surface area contributed by atoms with Crippen LogP contribution in [0.1, 0.15) is 0 Å². The maximum atomic E-state index is 9.97. The molecule has 1 atom stereocenters. The van der Waals surface area contributed by atoms with Gasteiger partial charge in [0.25, 0.3) is 0 Å². The molecule has 0 fully saturated rings. The Balaban J connectivity index is 0. The van der Waals surface area contributed by atoms with Crippen LogP contribution in [0.15, 0.2) is 0 Å². The number of rotatable bonds is 3. The van der Waals surface area contributed by atoms with Gasteiger partial charge in [0.05, 0.1) is 0 Å². The maximum absolute atomic E-state index is 9.97. The molecule has 0 aromatic heterocycles. The van der Waals surface area contributed by atoms with E-state index >= 15 is 0 Å². The number of nitrogens with one attached hydrogen (secondary N) is 1. The summed E-state index contributed by atoms with van der Waals surface area (Å²) >= 11 is 3.71. The molecule has 4 nitrogen and oxygen atoms in total. The van der Waals surface area contributed by atoms with Crippen molar-refractivity contribution in [3.63, 3.8) is 0 Å². The first-order valence-electron chi connectivity index (χ1n) is 2.02. The van der Waals surface area contributed by atoms with Crippen LogP contribution in [-0.4, -0.2) is 22.9 Å². The molecule has 0 aliphatic rings. The van der Waals surface area contributed by atoms with Crippen LogP contribution in [0.2, 0.25) is 0 Å². The fourth-order valence-corrected chi connectivity index (χ4v) is 0.464. The van der Waals surface area contributed by atoms with Crippen molar-refractivity contribution < 1.29 is 9.90 Å². The number of hydrazine groups is 1. The van der Waals surface area contributed by atoms with E-state index in [1.54, 1.807) is 0 Å². The van der Waals surface area contributed by atoms with Crippen LogP contribution in [-0.2, 0) is 4.79 Å². The Bertz CT molecular complexity index is 87.9. The van der Waals surface area contributed by atoms with E-state index in [9.17, 15) is 4.79 Å². The fraction of sp³-hybridized carbons (Fsp3) is 0.667. The molecule has 56 valence electrons. The summed E-state index contributed by atoms with van der Waals surface area (Å²) in [5.41, 5.74) is 2.08. The van der Waals surface area contributed by atoms with Crippen molar-refractivity contribution in [2.75, 3.05) is 5.75 Å². The lowest BCUT2D eigenvalue weighted by molar-refractivity contribution is -0.138. The van der Waals surface area contributed by atoms with E-state index in [4.69, 9.17) is 10.9 Å². The van der Waals surface area contributed by atoms with E-state index in [0.717, 1.165) is 0 Å². The summed E-state index contributed by atoms with van der Waals surface area (Å²) in [7, 11) is 0. The van der Waals surface area contributed by atoms with Gasteiger partial charge in [0.2, 0.25) is 0 Å². The van der Waals surface area contributed by atoms with Crippen LogP contribution in [0.5, 0.6) is 0 Å². The summed E-state index contributed by atoms with van der Waals surface area (Å²) in [6.45, 7) is 0. The maximum Gasteiger partial charge on any atom is 0.322 e. The fourth-order valence-electron chi connectivity index (χ4n) is 0.202. The Morgan fingerprint density at radius 3 is 2.33 bits per heavy atom. The highest BCUT2D eigenvalue weighted by molar-refractivity contribution is 7.80. The number of carboxylic acid groups (broad SMARTS) is 1. The molecule has 0 radical (unpaired) electrons. The number of carboxylic acids is 1. The van der Waals surface area contributed by atoms with Gasteiger partial charge >= 0.3 is 5.97 Å². The molecule has 0 aliphatic carbocycles. The van der Waals surface area contributed by atoms with E-state index < -0.39 is 12.0 Å². The van der Waals surface area contributed by atoms with Gasteiger partial charge in [0.1, 0.15) is 6.04 Å². The third-order valence-electron chi connectivity index (χ3n) is 0.682. The first kappa shape index (κ1) is 11.8. The largest absolute Gasteiger partial charge is 0.480 e. The Kier molecular flexibility index (Phi) is 8.06. The Morgan fingerprint density at radius 1 is 1.89 bits per heavy atom. The van der Waals surface area contributed by atoms with Crippen LogP contribution in [0, 0.1) is 0 Å². The molecule has 0 spiro atoms. The van der Waals surface area contributed by atoms with E-state index in [2.05, 4.69) is 18.1 Å². The summed E-state index contributed by atoms with van der Waals surface area (Å²) in [5, 5.41) is 8.18. The minimum atomic E-state index is -0.984. The number of aliphatic carboxylic acids is 1.